The van der Waals surface area contributed by atoms with Crippen molar-refractivity contribution in [2.24, 2.45) is 0 Å². The standard InChI is InChI=1S/C35H39N3O/c1-6-35(39,28-14-12-11-13-15-28)29-16-18-32(19-17-29)38(33-24-20-30(21-25-33)36(7-2)8-3)34-26-22-31(23-27-34)37(9-4)10-5/h1,11-27,39H,7-10H2,2-5H3. The topological polar surface area (TPSA) is 30.0 Å². The number of aliphatic hydroxyl groups is 1. The van der Waals surface area contributed by atoms with Gasteiger partial charge in [-0.2, -0.15) is 0 Å². The van der Waals surface area contributed by atoms with E-state index in [9.17, 15) is 5.11 Å². The van der Waals surface area contributed by atoms with E-state index in [1.165, 1.54) is 11.4 Å². The van der Waals surface area contributed by atoms with Crippen molar-refractivity contribution in [1.82, 2.24) is 0 Å². The minimum absolute atomic E-state index is 0.661. The maximum atomic E-state index is 11.4. The molecule has 1 unspecified atom stereocenters. The highest BCUT2D eigenvalue weighted by Crippen LogP contribution is 2.38. The van der Waals surface area contributed by atoms with Crippen LogP contribution in [-0.4, -0.2) is 31.3 Å². The van der Waals surface area contributed by atoms with Crippen molar-refractivity contribution >= 4 is 28.4 Å². The molecule has 0 aromatic heterocycles. The minimum Gasteiger partial charge on any atom is -0.372 e. The van der Waals surface area contributed by atoms with Gasteiger partial charge in [-0.05, 0) is 88.4 Å². The predicted molar refractivity (Wildman–Crippen MR) is 167 cm³/mol. The van der Waals surface area contributed by atoms with Gasteiger partial charge in [-0.3, -0.25) is 0 Å². The van der Waals surface area contributed by atoms with E-state index in [0.717, 1.165) is 43.2 Å². The molecule has 0 fully saturated rings. The molecule has 0 amide bonds. The fraction of sp³-hybridized carbons (Fsp3) is 0.257. The lowest BCUT2D eigenvalue weighted by molar-refractivity contribution is 0.145. The molecule has 0 saturated carbocycles. The smallest absolute Gasteiger partial charge is 0.176 e. The van der Waals surface area contributed by atoms with Crippen LogP contribution in [0.15, 0.2) is 103 Å². The highest BCUT2D eigenvalue weighted by molar-refractivity contribution is 5.78. The number of terminal acetylenes is 1. The first kappa shape index (κ1) is 27.8. The van der Waals surface area contributed by atoms with E-state index in [-0.39, 0.29) is 0 Å². The maximum absolute atomic E-state index is 11.4. The third-order valence-electron chi connectivity index (χ3n) is 7.42. The molecular weight excluding hydrogens is 478 g/mol. The van der Waals surface area contributed by atoms with E-state index in [1.807, 2.05) is 54.6 Å². The minimum atomic E-state index is -1.50. The van der Waals surface area contributed by atoms with Crippen LogP contribution in [0.25, 0.3) is 0 Å². The Morgan fingerprint density at radius 3 is 1.23 bits per heavy atom. The van der Waals surface area contributed by atoms with Gasteiger partial charge < -0.3 is 19.8 Å². The van der Waals surface area contributed by atoms with Crippen molar-refractivity contribution in [3.8, 4) is 12.3 Å². The molecular formula is C35H39N3O. The fourth-order valence-corrected chi connectivity index (χ4v) is 5.11. The van der Waals surface area contributed by atoms with Crippen molar-refractivity contribution in [2.45, 2.75) is 33.3 Å². The van der Waals surface area contributed by atoms with Crippen LogP contribution in [0.2, 0.25) is 0 Å². The summed E-state index contributed by atoms with van der Waals surface area (Å²) in [5.74, 6) is 2.61. The first-order chi connectivity index (χ1) is 19.0. The summed E-state index contributed by atoms with van der Waals surface area (Å²) in [5, 5.41) is 11.4. The Morgan fingerprint density at radius 2 is 0.872 bits per heavy atom. The van der Waals surface area contributed by atoms with Crippen molar-refractivity contribution in [3.63, 3.8) is 0 Å². The third-order valence-corrected chi connectivity index (χ3v) is 7.42. The normalized spacial score (nSPS) is 12.3. The first-order valence-electron chi connectivity index (χ1n) is 13.8. The molecule has 0 heterocycles. The predicted octanol–water partition coefficient (Wildman–Crippen LogP) is 7.72. The van der Waals surface area contributed by atoms with Crippen LogP contribution >= 0.6 is 0 Å². The average molecular weight is 518 g/mol. The fourth-order valence-electron chi connectivity index (χ4n) is 5.11. The molecule has 200 valence electrons. The molecule has 0 bridgehead atoms. The van der Waals surface area contributed by atoms with Crippen molar-refractivity contribution in [3.05, 3.63) is 114 Å². The van der Waals surface area contributed by atoms with E-state index in [1.54, 1.807) is 0 Å². The van der Waals surface area contributed by atoms with Gasteiger partial charge in [0.25, 0.3) is 0 Å². The highest BCUT2D eigenvalue weighted by Gasteiger charge is 2.29. The summed E-state index contributed by atoms with van der Waals surface area (Å²) in [5.41, 5.74) is 5.36. The van der Waals surface area contributed by atoms with E-state index in [2.05, 4.69) is 96.8 Å². The number of hydrogen-bond donors (Lipinski definition) is 1. The molecule has 0 spiro atoms. The van der Waals surface area contributed by atoms with Crippen LogP contribution in [0.3, 0.4) is 0 Å². The largest absolute Gasteiger partial charge is 0.372 e. The number of hydrogen-bond acceptors (Lipinski definition) is 4. The SMILES string of the molecule is C#CC(O)(c1ccccc1)c1ccc(N(c2ccc(N(CC)CC)cc2)c2ccc(N(CC)CC)cc2)cc1. The number of benzene rings is 4. The molecule has 4 nitrogen and oxygen atoms in total. The van der Waals surface area contributed by atoms with Crippen LogP contribution < -0.4 is 14.7 Å². The second-order valence-corrected chi connectivity index (χ2v) is 9.48. The number of nitrogens with zero attached hydrogens (tertiary/aromatic N) is 3. The molecule has 0 saturated heterocycles. The summed E-state index contributed by atoms with van der Waals surface area (Å²) in [4.78, 5) is 6.91. The van der Waals surface area contributed by atoms with Crippen LogP contribution in [0.1, 0.15) is 38.8 Å². The van der Waals surface area contributed by atoms with Gasteiger partial charge in [-0.1, -0.05) is 48.4 Å². The average Bonchev–Trinajstić information content (AvgIpc) is 3.00. The summed E-state index contributed by atoms with van der Waals surface area (Å²) in [6.45, 7) is 12.6. The first-order valence-corrected chi connectivity index (χ1v) is 13.8. The van der Waals surface area contributed by atoms with Gasteiger partial charge in [0.05, 0.1) is 0 Å². The van der Waals surface area contributed by atoms with Crippen molar-refractivity contribution in [1.29, 1.82) is 0 Å². The maximum Gasteiger partial charge on any atom is 0.176 e. The zero-order valence-corrected chi connectivity index (χ0v) is 23.5. The van der Waals surface area contributed by atoms with Gasteiger partial charge in [0.1, 0.15) is 0 Å². The monoisotopic (exact) mass is 517 g/mol. The molecule has 0 aliphatic carbocycles. The summed E-state index contributed by atoms with van der Waals surface area (Å²) >= 11 is 0. The molecule has 0 aliphatic heterocycles. The van der Waals surface area contributed by atoms with Gasteiger partial charge in [0, 0.05) is 65.7 Å². The zero-order valence-electron chi connectivity index (χ0n) is 23.5. The number of anilines is 5. The van der Waals surface area contributed by atoms with Crippen molar-refractivity contribution in [2.75, 3.05) is 40.9 Å². The summed E-state index contributed by atoms with van der Waals surface area (Å²) in [7, 11) is 0. The van der Waals surface area contributed by atoms with Crippen molar-refractivity contribution < 1.29 is 5.11 Å². The second kappa shape index (κ2) is 12.6. The number of rotatable bonds is 11. The Hall–Kier alpha value is -4.20. The molecule has 1 N–H and O–H groups in total. The van der Waals surface area contributed by atoms with E-state index < -0.39 is 5.60 Å². The summed E-state index contributed by atoms with van der Waals surface area (Å²) in [6.07, 6.45) is 5.86. The summed E-state index contributed by atoms with van der Waals surface area (Å²) < 4.78 is 0. The molecule has 0 aliphatic rings. The van der Waals surface area contributed by atoms with Crippen LogP contribution in [0.4, 0.5) is 28.4 Å². The van der Waals surface area contributed by atoms with Crippen LogP contribution in [0.5, 0.6) is 0 Å². The Kier molecular flexibility index (Phi) is 8.96. The lowest BCUT2D eigenvalue weighted by atomic mass is 9.87. The molecule has 4 aromatic rings. The van der Waals surface area contributed by atoms with Gasteiger partial charge in [0.15, 0.2) is 5.60 Å². The highest BCUT2D eigenvalue weighted by atomic mass is 16.3. The Labute approximate surface area is 234 Å². The lowest BCUT2D eigenvalue weighted by Crippen LogP contribution is -2.25. The molecule has 0 radical (unpaired) electrons. The van der Waals surface area contributed by atoms with Gasteiger partial charge in [-0.15, -0.1) is 6.42 Å². The van der Waals surface area contributed by atoms with E-state index in [4.69, 9.17) is 6.42 Å². The van der Waals surface area contributed by atoms with E-state index in [0.29, 0.717) is 11.1 Å². The van der Waals surface area contributed by atoms with Gasteiger partial charge in [0.2, 0.25) is 0 Å². The molecule has 4 aromatic carbocycles. The van der Waals surface area contributed by atoms with E-state index >= 15 is 0 Å². The summed E-state index contributed by atoms with van der Waals surface area (Å²) in [6, 6.07) is 34.7. The van der Waals surface area contributed by atoms with Crippen LogP contribution in [0, 0.1) is 12.3 Å². The molecule has 1 atom stereocenters. The third kappa shape index (κ3) is 5.79. The Balaban J connectivity index is 1.75. The van der Waals surface area contributed by atoms with Gasteiger partial charge >= 0.3 is 0 Å². The molecule has 4 heteroatoms. The quantitative estimate of drug-likeness (QED) is 0.206. The van der Waals surface area contributed by atoms with Gasteiger partial charge in [-0.25, -0.2) is 0 Å². The molecule has 4 rings (SSSR count). The lowest BCUT2D eigenvalue weighted by Gasteiger charge is -2.29. The zero-order chi connectivity index (χ0) is 27.8. The van der Waals surface area contributed by atoms with Crippen LogP contribution in [-0.2, 0) is 5.60 Å². The second-order valence-electron chi connectivity index (χ2n) is 9.48. The Morgan fingerprint density at radius 1 is 0.538 bits per heavy atom. The Bertz CT molecular complexity index is 1300. The molecule has 39 heavy (non-hydrogen) atoms.